The van der Waals surface area contributed by atoms with E-state index >= 15 is 0 Å². The summed E-state index contributed by atoms with van der Waals surface area (Å²) < 4.78 is 0. The number of hydrogen-bond donors (Lipinski definition) is 0. The van der Waals surface area contributed by atoms with Gasteiger partial charge >= 0.3 is 0 Å². The van der Waals surface area contributed by atoms with Gasteiger partial charge < -0.3 is 0 Å². The second-order valence-corrected chi connectivity index (χ2v) is 31.2. The van der Waals surface area contributed by atoms with Crippen LogP contribution in [0.2, 0.25) is 0 Å². The first-order chi connectivity index (χ1) is 35.3. The third-order valence-electron chi connectivity index (χ3n) is 16.6. The first-order valence-corrected chi connectivity index (χ1v) is 29.2. The maximum absolute atomic E-state index is 2.47. The zero-order valence-electron chi connectivity index (χ0n) is 52.6. The third-order valence-corrected chi connectivity index (χ3v) is 16.6. The second kappa shape index (κ2) is 21.3. The first kappa shape index (κ1) is 59.2. The van der Waals surface area contributed by atoms with Crippen LogP contribution in [0.5, 0.6) is 0 Å². The van der Waals surface area contributed by atoms with Crippen molar-refractivity contribution in [1.82, 2.24) is 0 Å². The Hall–Kier alpha value is -5.46. The molecular weight excluding hydrogens is 925 g/mol. The lowest BCUT2D eigenvalue weighted by molar-refractivity contribution is 0.283. The lowest BCUT2D eigenvalue weighted by Crippen LogP contribution is -2.24. The van der Waals surface area contributed by atoms with Gasteiger partial charge in [0.2, 0.25) is 0 Å². The summed E-state index contributed by atoms with van der Waals surface area (Å²) in [6.07, 6.45) is 4.46. The van der Waals surface area contributed by atoms with Crippen molar-refractivity contribution in [3.63, 3.8) is 0 Å². The molecule has 0 nitrogen and oxygen atoms in total. The van der Waals surface area contributed by atoms with Crippen LogP contribution < -0.4 is 0 Å². The van der Waals surface area contributed by atoms with Gasteiger partial charge in [-0.2, -0.15) is 0 Å². The summed E-state index contributed by atoms with van der Waals surface area (Å²) in [5.41, 5.74) is 25.8. The van der Waals surface area contributed by atoms with Crippen LogP contribution in [0.3, 0.4) is 0 Å². The fourth-order valence-electron chi connectivity index (χ4n) is 14.3. The van der Waals surface area contributed by atoms with Gasteiger partial charge in [-0.25, -0.2) is 0 Å². The van der Waals surface area contributed by atoms with Gasteiger partial charge in [-0.15, -0.1) is 0 Å². The van der Waals surface area contributed by atoms with Crippen molar-refractivity contribution in [3.8, 4) is 66.8 Å². The molecule has 0 aliphatic rings. The Balaban J connectivity index is 1.41. The van der Waals surface area contributed by atoms with E-state index < -0.39 is 0 Å². The van der Waals surface area contributed by atoms with Crippen LogP contribution in [0, 0.1) is 42.4 Å². The van der Waals surface area contributed by atoms with Gasteiger partial charge in [-0.05, 0) is 220 Å². The molecular formula is C77H100. The Morgan fingerprint density at radius 3 is 0.584 bits per heavy atom. The van der Waals surface area contributed by atoms with Crippen LogP contribution in [0.25, 0.3) is 66.8 Å². The molecule has 408 valence electrons. The average Bonchev–Trinajstić information content (AvgIpc) is 3.30. The van der Waals surface area contributed by atoms with Crippen LogP contribution in [0.15, 0.2) is 140 Å². The van der Waals surface area contributed by atoms with E-state index in [9.17, 15) is 0 Å². The molecule has 0 radical (unpaired) electrons. The van der Waals surface area contributed by atoms with Gasteiger partial charge in [0.15, 0.2) is 0 Å². The molecule has 0 unspecified atom stereocenters. The highest BCUT2D eigenvalue weighted by Gasteiger charge is 2.31. The molecule has 0 N–H and O–H groups in total. The van der Waals surface area contributed by atoms with Gasteiger partial charge in [-0.1, -0.05) is 254 Å². The van der Waals surface area contributed by atoms with Crippen molar-refractivity contribution < 1.29 is 0 Å². The lowest BCUT2D eigenvalue weighted by Gasteiger charge is -2.33. The Bertz CT molecular complexity index is 2770. The molecule has 0 heteroatoms. The zero-order valence-corrected chi connectivity index (χ0v) is 52.6. The molecule has 77 heavy (non-hydrogen) atoms. The van der Waals surface area contributed by atoms with Crippen LogP contribution >= 0.6 is 0 Å². The van der Waals surface area contributed by atoms with Crippen LogP contribution in [0.4, 0.5) is 0 Å². The lowest BCUT2D eigenvalue weighted by atomic mass is 9.72. The van der Waals surface area contributed by atoms with Gasteiger partial charge in [0.25, 0.3) is 0 Å². The summed E-state index contributed by atoms with van der Waals surface area (Å²) in [5, 5.41) is 0. The molecule has 0 fully saturated rings. The SMILES string of the molecule is Cc1c(-c2cc(-c3ccc(C(C)(C)CC(C)(C)C)cc3)c(C)c(-c3ccc(C(C)(C)CC(C)(C)C)cc3)c2)cccc1-c1cc(-c2ccc(C(C)(C)CC(C)(C)C)cc2)c(C)c(-c2ccc(C(C)(C)CC(C)(C)C)cc2)c1. The largest absolute Gasteiger partial charge is 0.0610 e. The Morgan fingerprint density at radius 2 is 0.403 bits per heavy atom. The molecule has 0 saturated carbocycles. The predicted octanol–water partition coefficient (Wildman–Crippen LogP) is 23.5. The Kier molecular flexibility index (Phi) is 16.4. The third kappa shape index (κ3) is 14.2. The van der Waals surface area contributed by atoms with Gasteiger partial charge in [0, 0.05) is 0 Å². The van der Waals surface area contributed by atoms with Crippen molar-refractivity contribution in [1.29, 1.82) is 0 Å². The topological polar surface area (TPSA) is 0 Å². The van der Waals surface area contributed by atoms with Crippen LogP contribution in [0.1, 0.15) is 203 Å². The molecule has 7 rings (SSSR count). The van der Waals surface area contributed by atoms with Crippen molar-refractivity contribution in [3.05, 3.63) is 178 Å². The second-order valence-electron chi connectivity index (χ2n) is 31.2. The van der Waals surface area contributed by atoms with Gasteiger partial charge in [-0.3, -0.25) is 0 Å². The number of benzene rings is 7. The molecule has 0 aromatic heterocycles. The monoisotopic (exact) mass is 1020 g/mol. The van der Waals surface area contributed by atoms with E-state index in [-0.39, 0.29) is 43.3 Å². The molecule has 0 atom stereocenters. The summed E-state index contributed by atoms with van der Waals surface area (Å²) in [6.45, 7) is 54.5. The Labute approximate surface area is 471 Å². The average molecular weight is 1030 g/mol. The van der Waals surface area contributed by atoms with Crippen LogP contribution in [-0.4, -0.2) is 0 Å². The predicted molar refractivity (Wildman–Crippen MR) is 342 cm³/mol. The maximum Gasteiger partial charge on any atom is -0.00986 e. The molecule has 0 spiro atoms. The summed E-state index contributed by atoms with van der Waals surface area (Å²) in [7, 11) is 0. The summed E-state index contributed by atoms with van der Waals surface area (Å²) in [4.78, 5) is 0. The molecule has 0 aliphatic carbocycles. The first-order valence-electron chi connectivity index (χ1n) is 29.2. The summed E-state index contributed by atoms with van der Waals surface area (Å²) >= 11 is 0. The van der Waals surface area contributed by atoms with Crippen molar-refractivity contribution in [2.75, 3.05) is 0 Å². The van der Waals surface area contributed by atoms with Crippen LogP contribution in [-0.2, 0) is 21.7 Å². The molecule has 0 saturated heterocycles. The highest BCUT2D eigenvalue weighted by Crippen LogP contribution is 2.46. The van der Waals surface area contributed by atoms with E-state index in [4.69, 9.17) is 0 Å². The molecule has 0 aliphatic heterocycles. The van der Waals surface area contributed by atoms with E-state index in [0.717, 1.165) is 25.7 Å². The molecule has 7 aromatic carbocycles. The van der Waals surface area contributed by atoms with E-state index in [1.54, 1.807) is 0 Å². The standard InChI is InChI=1S/C77H100/c1-51-64(58-43-66(54-27-35-60(36-28-54)74(16,17)47-70(4,5)6)52(2)67(44-58)55-29-37-61(38-30-55)75(18,19)48-71(7,8)9)25-24-26-65(51)59-45-68(56-31-39-62(40-32-56)76(20,21)49-72(10,11)12)53(3)69(46-59)57-33-41-63(42-34-57)77(22,23)50-73(13,14)15/h24-46H,47-50H2,1-23H3. The van der Waals surface area contributed by atoms with E-state index in [2.05, 4.69) is 299 Å². The van der Waals surface area contributed by atoms with Crippen molar-refractivity contribution in [2.24, 2.45) is 21.7 Å². The van der Waals surface area contributed by atoms with Crippen molar-refractivity contribution >= 4 is 0 Å². The number of hydrogen-bond acceptors (Lipinski definition) is 0. The van der Waals surface area contributed by atoms with E-state index in [1.807, 2.05) is 0 Å². The maximum atomic E-state index is 2.47. The van der Waals surface area contributed by atoms with Gasteiger partial charge in [0.1, 0.15) is 0 Å². The minimum Gasteiger partial charge on any atom is -0.0610 e. The van der Waals surface area contributed by atoms with E-state index in [0.29, 0.717) is 0 Å². The highest BCUT2D eigenvalue weighted by molar-refractivity contribution is 5.90. The highest BCUT2D eigenvalue weighted by atomic mass is 14.4. The summed E-state index contributed by atoms with van der Waals surface area (Å²) in [6, 6.07) is 55.0. The molecule has 0 bridgehead atoms. The molecule has 0 amide bonds. The quantitative estimate of drug-likeness (QED) is 0.102. The number of rotatable bonds is 14. The summed E-state index contributed by atoms with van der Waals surface area (Å²) in [5.74, 6) is 0. The smallest absolute Gasteiger partial charge is 0.00986 e. The van der Waals surface area contributed by atoms with E-state index in [1.165, 1.54) is 106 Å². The molecule has 7 aromatic rings. The fourth-order valence-corrected chi connectivity index (χ4v) is 14.3. The zero-order chi connectivity index (χ0) is 57.1. The minimum absolute atomic E-state index is 0.0630. The minimum atomic E-state index is 0.0630. The van der Waals surface area contributed by atoms with Crippen molar-refractivity contribution in [2.45, 2.75) is 207 Å². The molecule has 0 heterocycles. The van der Waals surface area contributed by atoms with Gasteiger partial charge in [0.05, 0.1) is 0 Å². The Morgan fingerprint density at radius 1 is 0.221 bits per heavy atom. The normalized spacial score (nSPS) is 13.3. The fraction of sp³-hybridized carbons (Fsp3) is 0.455.